The SMILES string of the molecule is C=C(C)CC(=C=CN(CCCC)CCCC)CO. The van der Waals surface area contributed by atoms with E-state index in [1.54, 1.807) is 0 Å². The monoisotopic (exact) mass is 251 g/mol. The Kier molecular flexibility index (Phi) is 10.5. The van der Waals surface area contributed by atoms with E-state index < -0.39 is 0 Å². The van der Waals surface area contributed by atoms with E-state index in [0.29, 0.717) is 0 Å². The highest BCUT2D eigenvalue weighted by molar-refractivity contribution is 5.11. The van der Waals surface area contributed by atoms with Crippen LogP contribution in [0.2, 0.25) is 0 Å². The average molecular weight is 251 g/mol. The van der Waals surface area contributed by atoms with E-state index in [0.717, 1.165) is 30.7 Å². The van der Waals surface area contributed by atoms with Crippen molar-refractivity contribution >= 4 is 0 Å². The summed E-state index contributed by atoms with van der Waals surface area (Å²) in [5.74, 6) is 0. The smallest absolute Gasteiger partial charge is 0.0719 e. The van der Waals surface area contributed by atoms with Crippen LogP contribution >= 0.6 is 0 Å². The lowest BCUT2D eigenvalue weighted by Crippen LogP contribution is -2.19. The van der Waals surface area contributed by atoms with Gasteiger partial charge >= 0.3 is 0 Å². The molecule has 0 aromatic rings. The van der Waals surface area contributed by atoms with Crippen LogP contribution in [-0.2, 0) is 0 Å². The fraction of sp³-hybridized carbons (Fsp3) is 0.688. The number of unbranched alkanes of at least 4 members (excludes halogenated alkanes) is 2. The first kappa shape index (κ1) is 17.0. The van der Waals surface area contributed by atoms with Crippen molar-refractivity contribution < 1.29 is 5.11 Å². The first-order chi connectivity index (χ1) is 8.63. The molecule has 0 saturated carbocycles. The normalized spacial score (nSPS) is 9.78. The second-order valence-electron chi connectivity index (χ2n) is 4.91. The molecular formula is C16H29NO. The van der Waals surface area contributed by atoms with Crippen molar-refractivity contribution in [1.82, 2.24) is 4.90 Å². The van der Waals surface area contributed by atoms with Gasteiger partial charge in [0.2, 0.25) is 0 Å². The quantitative estimate of drug-likeness (QED) is 0.470. The molecule has 0 bridgehead atoms. The molecule has 104 valence electrons. The Hall–Kier alpha value is -0.980. The Morgan fingerprint density at radius 3 is 2.17 bits per heavy atom. The number of nitrogens with zero attached hydrogens (tertiary/aromatic N) is 1. The maximum atomic E-state index is 9.26. The van der Waals surface area contributed by atoms with E-state index in [1.807, 2.05) is 13.1 Å². The number of hydrogen-bond acceptors (Lipinski definition) is 2. The molecule has 0 radical (unpaired) electrons. The minimum absolute atomic E-state index is 0.0682. The highest BCUT2D eigenvalue weighted by Crippen LogP contribution is 2.07. The summed E-state index contributed by atoms with van der Waals surface area (Å²) in [5, 5.41) is 9.26. The van der Waals surface area contributed by atoms with E-state index in [4.69, 9.17) is 0 Å². The summed E-state index contributed by atoms with van der Waals surface area (Å²) in [5.41, 5.74) is 5.21. The van der Waals surface area contributed by atoms with Crippen LogP contribution in [0.4, 0.5) is 0 Å². The Bertz CT molecular complexity index is 279. The van der Waals surface area contributed by atoms with Crippen LogP contribution in [0, 0.1) is 0 Å². The van der Waals surface area contributed by atoms with Gasteiger partial charge in [-0.05, 0) is 26.2 Å². The maximum absolute atomic E-state index is 9.26. The van der Waals surface area contributed by atoms with Crippen LogP contribution in [-0.4, -0.2) is 29.7 Å². The Morgan fingerprint density at radius 2 is 1.78 bits per heavy atom. The van der Waals surface area contributed by atoms with Gasteiger partial charge in [0.05, 0.1) is 6.61 Å². The average Bonchev–Trinajstić information content (AvgIpc) is 2.35. The van der Waals surface area contributed by atoms with Gasteiger partial charge in [0.15, 0.2) is 0 Å². The standard InChI is InChI=1S/C16H29NO/c1-5-7-10-17(11-8-6-2)12-9-16(14-18)13-15(3)4/h12,18H,3,5-8,10-11,13-14H2,1-2,4H3. The van der Waals surface area contributed by atoms with Gasteiger partial charge in [-0.3, -0.25) is 0 Å². The van der Waals surface area contributed by atoms with Gasteiger partial charge in [-0.25, -0.2) is 0 Å². The van der Waals surface area contributed by atoms with Crippen LogP contribution in [0.5, 0.6) is 0 Å². The third-order valence-corrected chi connectivity index (χ3v) is 2.76. The molecule has 0 aliphatic carbocycles. The molecule has 1 N–H and O–H groups in total. The first-order valence-electron chi connectivity index (χ1n) is 7.07. The van der Waals surface area contributed by atoms with E-state index in [-0.39, 0.29) is 6.61 Å². The molecule has 0 rings (SSSR count). The molecule has 18 heavy (non-hydrogen) atoms. The summed E-state index contributed by atoms with van der Waals surface area (Å²) < 4.78 is 0. The largest absolute Gasteiger partial charge is 0.391 e. The van der Waals surface area contributed by atoms with Gasteiger partial charge in [0, 0.05) is 24.9 Å². The van der Waals surface area contributed by atoms with Crippen molar-refractivity contribution in [3.8, 4) is 0 Å². The number of aliphatic hydroxyl groups is 1. The lowest BCUT2D eigenvalue weighted by Gasteiger charge is -2.18. The molecule has 0 unspecified atom stereocenters. The third kappa shape index (κ3) is 9.09. The van der Waals surface area contributed by atoms with Crippen molar-refractivity contribution in [3.05, 3.63) is 29.7 Å². The fourth-order valence-electron chi connectivity index (χ4n) is 1.66. The van der Waals surface area contributed by atoms with Gasteiger partial charge in [-0.15, -0.1) is 5.73 Å². The highest BCUT2D eigenvalue weighted by Gasteiger charge is 1.98. The van der Waals surface area contributed by atoms with E-state index in [9.17, 15) is 5.11 Å². The predicted octanol–water partition coefficient (Wildman–Crippen LogP) is 3.89. The lowest BCUT2D eigenvalue weighted by molar-refractivity contribution is 0.327. The van der Waals surface area contributed by atoms with Crippen LogP contribution in [0.25, 0.3) is 0 Å². The van der Waals surface area contributed by atoms with E-state index in [2.05, 4.69) is 31.1 Å². The molecule has 0 atom stereocenters. The van der Waals surface area contributed by atoms with E-state index >= 15 is 0 Å². The summed E-state index contributed by atoms with van der Waals surface area (Å²) in [6.07, 6.45) is 7.58. The fourth-order valence-corrected chi connectivity index (χ4v) is 1.66. The summed E-state index contributed by atoms with van der Waals surface area (Å²) in [6.45, 7) is 12.5. The molecule has 0 saturated heterocycles. The molecule has 0 aromatic heterocycles. The van der Waals surface area contributed by atoms with Crippen molar-refractivity contribution in [1.29, 1.82) is 0 Å². The van der Waals surface area contributed by atoms with Crippen molar-refractivity contribution in [3.63, 3.8) is 0 Å². The number of rotatable bonds is 10. The molecule has 2 heteroatoms. The summed E-state index contributed by atoms with van der Waals surface area (Å²) in [4.78, 5) is 2.31. The second-order valence-corrected chi connectivity index (χ2v) is 4.91. The molecule has 2 nitrogen and oxygen atoms in total. The molecule has 0 heterocycles. The Balaban J connectivity index is 4.56. The zero-order chi connectivity index (χ0) is 13.8. The summed E-state index contributed by atoms with van der Waals surface area (Å²) in [6, 6.07) is 0. The predicted molar refractivity (Wildman–Crippen MR) is 79.5 cm³/mol. The van der Waals surface area contributed by atoms with Gasteiger partial charge in [0.25, 0.3) is 0 Å². The molecule has 0 aliphatic rings. The number of hydrogen-bond donors (Lipinski definition) is 1. The second kappa shape index (κ2) is 11.1. The molecule has 0 spiro atoms. The molecular weight excluding hydrogens is 222 g/mol. The van der Waals surface area contributed by atoms with Crippen molar-refractivity contribution in [2.24, 2.45) is 0 Å². The maximum Gasteiger partial charge on any atom is 0.0719 e. The number of aliphatic hydroxyl groups excluding tert-OH is 1. The van der Waals surface area contributed by atoms with Crippen LogP contribution in [0.1, 0.15) is 52.9 Å². The summed E-state index contributed by atoms with van der Waals surface area (Å²) in [7, 11) is 0. The zero-order valence-corrected chi connectivity index (χ0v) is 12.3. The van der Waals surface area contributed by atoms with Gasteiger partial charge < -0.3 is 10.0 Å². The minimum Gasteiger partial charge on any atom is -0.391 e. The lowest BCUT2D eigenvalue weighted by atomic mass is 10.1. The van der Waals surface area contributed by atoms with Crippen molar-refractivity contribution in [2.45, 2.75) is 52.9 Å². The Morgan fingerprint density at radius 1 is 1.22 bits per heavy atom. The highest BCUT2D eigenvalue weighted by atomic mass is 16.3. The first-order valence-corrected chi connectivity index (χ1v) is 7.07. The van der Waals surface area contributed by atoms with Gasteiger partial charge in [0.1, 0.15) is 0 Å². The van der Waals surface area contributed by atoms with Gasteiger partial charge in [-0.2, -0.15) is 0 Å². The summed E-state index contributed by atoms with van der Waals surface area (Å²) >= 11 is 0. The molecule has 0 aromatic carbocycles. The van der Waals surface area contributed by atoms with E-state index in [1.165, 1.54) is 25.7 Å². The zero-order valence-electron chi connectivity index (χ0n) is 12.3. The van der Waals surface area contributed by atoms with Crippen LogP contribution in [0.15, 0.2) is 29.7 Å². The van der Waals surface area contributed by atoms with Crippen LogP contribution in [0.3, 0.4) is 0 Å². The Labute approximate surface area is 113 Å². The topological polar surface area (TPSA) is 23.5 Å². The molecule has 0 amide bonds. The van der Waals surface area contributed by atoms with Crippen molar-refractivity contribution in [2.75, 3.05) is 19.7 Å². The minimum atomic E-state index is 0.0682. The third-order valence-electron chi connectivity index (χ3n) is 2.76. The molecule has 0 aliphatic heterocycles. The van der Waals surface area contributed by atoms with Gasteiger partial charge in [-0.1, -0.05) is 38.8 Å². The van der Waals surface area contributed by atoms with Crippen LogP contribution < -0.4 is 0 Å². The number of allylic oxidation sites excluding steroid dienone is 1. The molecule has 0 fully saturated rings.